The molecule has 214 valence electrons. The Morgan fingerprint density at radius 1 is 0.239 bits per heavy atom. The molecule has 0 spiro atoms. The third-order valence-corrected chi connectivity index (χ3v) is 9.43. The van der Waals surface area contributed by atoms with Gasteiger partial charge in [-0.2, -0.15) is 0 Å². The van der Waals surface area contributed by atoms with Crippen molar-refractivity contribution in [3.63, 3.8) is 0 Å². The van der Waals surface area contributed by atoms with Crippen LogP contribution in [0.3, 0.4) is 0 Å². The smallest absolute Gasteiger partial charge is 0.00139 e. The molecule has 9 aromatic rings. The van der Waals surface area contributed by atoms with E-state index >= 15 is 0 Å². The van der Waals surface area contributed by atoms with Gasteiger partial charge in [-0.1, -0.05) is 170 Å². The van der Waals surface area contributed by atoms with Crippen LogP contribution in [0.5, 0.6) is 0 Å². The minimum absolute atomic E-state index is 1.22. The fourth-order valence-corrected chi connectivity index (χ4v) is 7.34. The maximum absolute atomic E-state index is 2.37. The van der Waals surface area contributed by atoms with Gasteiger partial charge in [-0.15, -0.1) is 0 Å². The molecule has 0 radical (unpaired) electrons. The lowest BCUT2D eigenvalue weighted by molar-refractivity contribution is 1.60. The van der Waals surface area contributed by atoms with Crippen LogP contribution in [-0.2, 0) is 0 Å². The number of hydrogen-bond donors (Lipinski definition) is 0. The van der Waals surface area contributed by atoms with Crippen molar-refractivity contribution in [1.82, 2.24) is 0 Å². The molecule has 0 aliphatic heterocycles. The van der Waals surface area contributed by atoms with Crippen LogP contribution in [0.15, 0.2) is 182 Å². The summed E-state index contributed by atoms with van der Waals surface area (Å²) in [5.41, 5.74) is 9.96. The number of fused-ring (bicyclic) bond motifs is 4. The van der Waals surface area contributed by atoms with Crippen molar-refractivity contribution in [2.75, 3.05) is 0 Å². The molecule has 0 amide bonds. The fraction of sp³-hybridized carbons (Fsp3) is 0. The number of rotatable bonds is 4. The molecule has 0 nitrogen and oxygen atoms in total. The first-order valence-electron chi connectivity index (χ1n) is 15.9. The molecule has 46 heavy (non-hydrogen) atoms. The van der Waals surface area contributed by atoms with Gasteiger partial charge in [0, 0.05) is 0 Å². The summed E-state index contributed by atoms with van der Waals surface area (Å²) >= 11 is 0. The maximum Gasteiger partial charge on any atom is -0.00139 e. The lowest BCUT2D eigenvalue weighted by Crippen LogP contribution is -1.94. The molecule has 9 rings (SSSR count). The highest BCUT2D eigenvalue weighted by molar-refractivity contribution is 6.25. The topological polar surface area (TPSA) is 0 Å². The van der Waals surface area contributed by atoms with Gasteiger partial charge in [0.25, 0.3) is 0 Å². The first-order valence-corrected chi connectivity index (χ1v) is 15.9. The van der Waals surface area contributed by atoms with Gasteiger partial charge >= 0.3 is 0 Å². The Hall–Kier alpha value is -5.98. The molecule has 0 aliphatic rings. The average Bonchev–Trinajstić information content (AvgIpc) is 3.13. The largest absolute Gasteiger partial charge is 0.0622 e. The van der Waals surface area contributed by atoms with E-state index in [4.69, 9.17) is 0 Å². The van der Waals surface area contributed by atoms with E-state index in [-0.39, 0.29) is 0 Å². The van der Waals surface area contributed by atoms with Crippen molar-refractivity contribution in [2.24, 2.45) is 0 Å². The Bertz CT molecular complexity index is 2570. The first-order chi connectivity index (χ1) is 22.8. The average molecular weight is 583 g/mol. The third kappa shape index (κ3) is 4.30. The molecule has 0 atom stereocenters. The summed E-state index contributed by atoms with van der Waals surface area (Å²) < 4.78 is 0. The van der Waals surface area contributed by atoms with E-state index in [2.05, 4.69) is 182 Å². The van der Waals surface area contributed by atoms with Gasteiger partial charge in [-0.05, 0) is 99.7 Å². The van der Waals surface area contributed by atoms with Crippen molar-refractivity contribution in [3.8, 4) is 44.5 Å². The van der Waals surface area contributed by atoms with Crippen LogP contribution in [0.2, 0.25) is 0 Å². The zero-order valence-corrected chi connectivity index (χ0v) is 25.3. The Kier molecular flexibility index (Phi) is 6.25. The van der Waals surface area contributed by atoms with Crippen molar-refractivity contribution in [2.45, 2.75) is 0 Å². The zero-order chi connectivity index (χ0) is 30.5. The van der Waals surface area contributed by atoms with Crippen LogP contribution >= 0.6 is 0 Å². The summed E-state index contributed by atoms with van der Waals surface area (Å²) in [6.45, 7) is 0. The quantitative estimate of drug-likeness (QED) is 0.181. The Balaban J connectivity index is 1.46. The predicted molar refractivity (Wildman–Crippen MR) is 198 cm³/mol. The minimum Gasteiger partial charge on any atom is -0.0622 e. The maximum atomic E-state index is 2.37. The third-order valence-electron chi connectivity index (χ3n) is 9.43. The van der Waals surface area contributed by atoms with Gasteiger partial charge in [0.15, 0.2) is 0 Å². The molecule has 0 heterocycles. The molecule has 0 bridgehead atoms. The molecule has 0 aromatic heterocycles. The lowest BCUT2D eigenvalue weighted by atomic mass is 9.81. The van der Waals surface area contributed by atoms with E-state index in [1.54, 1.807) is 0 Å². The van der Waals surface area contributed by atoms with E-state index < -0.39 is 0 Å². The minimum atomic E-state index is 1.22. The van der Waals surface area contributed by atoms with Gasteiger partial charge < -0.3 is 0 Å². The second kappa shape index (κ2) is 10.9. The van der Waals surface area contributed by atoms with Crippen LogP contribution in [-0.4, -0.2) is 0 Å². The number of benzene rings is 9. The van der Waals surface area contributed by atoms with E-state index in [0.29, 0.717) is 0 Å². The molecular formula is C46H30. The molecule has 0 saturated carbocycles. The Morgan fingerprint density at radius 3 is 1.39 bits per heavy atom. The number of hydrogen-bond acceptors (Lipinski definition) is 0. The van der Waals surface area contributed by atoms with Gasteiger partial charge in [0.1, 0.15) is 0 Å². The highest BCUT2D eigenvalue weighted by Gasteiger charge is 2.21. The van der Waals surface area contributed by atoms with Gasteiger partial charge in [-0.3, -0.25) is 0 Å². The van der Waals surface area contributed by atoms with E-state index in [1.807, 2.05) is 0 Å². The van der Waals surface area contributed by atoms with Crippen LogP contribution < -0.4 is 0 Å². The van der Waals surface area contributed by atoms with E-state index in [1.165, 1.54) is 87.6 Å². The molecule has 0 N–H and O–H groups in total. The molecule has 0 unspecified atom stereocenters. The fourth-order valence-electron chi connectivity index (χ4n) is 7.34. The molecule has 0 saturated heterocycles. The first kappa shape index (κ1) is 26.4. The summed E-state index contributed by atoms with van der Waals surface area (Å²) in [4.78, 5) is 0. The van der Waals surface area contributed by atoms with Crippen LogP contribution in [0.1, 0.15) is 0 Å². The zero-order valence-electron chi connectivity index (χ0n) is 25.3. The van der Waals surface area contributed by atoms with Gasteiger partial charge in [-0.25, -0.2) is 0 Å². The molecule has 0 heteroatoms. The predicted octanol–water partition coefficient (Wildman–Crippen LogP) is 13.0. The standard InChI is InChI=1S/C46H30/c1-2-15-33(16-3-1)38-19-8-9-20-39(38)40-23-12-24-43-44(36-27-25-31-13-4-6-17-34(31)29-36)41-21-10-11-22-42(41)45(46(40)43)37-28-26-32-14-5-7-18-35(32)30-37/h1-30H. The van der Waals surface area contributed by atoms with Crippen molar-refractivity contribution in [3.05, 3.63) is 182 Å². The normalized spacial score (nSPS) is 11.5. The molecule has 9 aromatic carbocycles. The van der Waals surface area contributed by atoms with Crippen molar-refractivity contribution in [1.29, 1.82) is 0 Å². The SMILES string of the molecule is c1ccc(-c2ccccc2-c2cccc3c(-c4ccc5ccccc5c4)c4ccccc4c(-c4ccc5ccccc5c4)c23)cc1. The Morgan fingerprint density at radius 2 is 0.717 bits per heavy atom. The summed E-state index contributed by atoms with van der Waals surface area (Å²) in [7, 11) is 0. The van der Waals surface area contributed by atoms with Crippen LogP contribution in [0.25, 0.3) is 87.6 Å². The van der Waals surface area contributed by atoms with Gasteiger partial charge in [0.05, 0.1) is 0 Å². The summed E-state index contributed by atoms with van der Waals surface area (Å²) in [6.07, 6.45) is 0. The second-order valence-corrected chi connectivity index (χ2v) is 12.1. The summed E-state index contributed by atoms with van der Waals surface area (Å²) in [5.74, 6) is 0. The van der Waals surface area contributed by atoms with Crippen LogP contribution in [0, 0.1) is 0 Å². The van der Waals surface area contributed by atoms with Crippen molar-refractivity contribution < 1.29 is 0 Å². The van der Waals surface area contributed by atoms with Crippen molar-refractivity contribution >= 4 is 43.1 Å². The highest BCUT2D eigenvalue weighted by Crippen LogP contribution is 2.48. The monoisotopic (exact) mass is 582 g/mol. The van der Waals surface area contributed by atoms with Gasteiger partial charge in [0.2, 0.25) is 0 Å². The summed E-state index contributed by atoms with van der Waals surface area (Å²) in [6, 6.07) is 66.6. The molecule has 0 aliphatic carbocycles. The second-order valence-electron chi connectivity index (χ2n) is 12.1. The van der Waals surface area contributed by atoms with E-state index in [0.717, 1.165) is 0 Å². The molecule has 0 fully saturated rings. The van der Waals surface area contributed by atoms with E-state index in [9.17, 15) is 0 Å². The lowest BCUT2D eigenvalue weighted by Gasteiger charge is -2.22. The van der Waals surface area contributed by atoms with Crippen LogP contribution in [0.4, 0.5) is 0 Å². The highest BCUT2D eigenvalue weighted by atomic mass is 14.2. The summed E-state index contributed by atoms with van der Waals surface area (Å²) in [5, 5.41) is 10.1. The Labute approximate surface area is 268 Å². The molecular weight excluding hydrogens is 553 g/mol.